The van der Waals surface area contributed by atoms with Crippen LogP contribution in [0.15, 0.2) is 449 Å². The first kappa shape index (κ1) is 75.9. The standard InChI is InChI=1S/C44H26N6.C43H28N2.C33H20N2S/c45-27-28-21-23-36-34-17-6-9-20-39(34)50(40(36)25-28)44-47-42(30-12-2-1-3-13-30)46-43(48-44)31-14-10-15-32(26-31)49-38-19-8-7-18-35(38)37-24-22-29-11-4-5-16-33(29)41(37)49;1-2-9-29(10-3-1)33-25-34(27-35(26-33)38-16-8-13-31-11-4-6-14-37(31)38)30-17-20-36(21-18-30)45-42-28-44-24-23-40(42)41-22-19-32-12-5-7-15-39(32)43(41)45;1-2-9-25-21(6-1)12-14-28-26-16-17-34-20-30(26)35(33(25)28)24-8-5-7-22(18-24)23-13-15-32-29(19-23)27-10-3-4-11-31(27)36-32/h1-26H;1-28H;1-20H. The second-order valence-electron chi connectivity index (χ2n) is 33.4. The Morgan fingerprint density at radius 2 is 0.634 bits per heavy atom. The summed E-state index contributed by atoms with van der Waals surface area (Å²) >= 11 is 1.86. The predicted octanol–water partition coefficient (Wildman–Crippen LogP) is 31.3. The van der Waals surface area contributed by atoms with E-state index in [2.05, 4.69) is 394 Å². The van der Waals surface area contributed by atoms with Gasteiger partial charge in [-0.1, -0.05) is 315 Å². The number of benzene rings is 19. The van der Waals surface area contributed by atoms with Gasteiger partial charge in [-0.15, -0.1) is 11.3 Å². The van der Waals surface area contributed by atoms with E-state index in [1.807, 2.05) is 101 Å². The Balaban J connectivity index is 0.000000107. The maximum Gasteiger partial charge on any atom is 0.238 e. The van der Waals surface area contributed by atoms with E-state index >= 15 is 0 Å². The SMILES string of the molecule is N#Cc1ccc2c3ccccc3n(-c3nc(-c4ccccc4)nc(-c4cccc(-n5c6ccccc6c6ccc7ccccc7c65)c4)n3)c2c1.c1cc(-c2ccc3sc4ccccc4c3c2)cc(-n2c3cnccc3c3ccc4ccccc4c32)c1.c1ccc(-c2cc(-c3ccc(-n4c5cnccc5c5ccc6ccccc6c54)cc3)cc(-c3cccc4ccccc34)c2)cc1. The number of hydrogen-bond acceptors (Lipinski definition) is 7. The largest absolute Gasteiger partial charge is 0.309 e. The molecule has 10 nitrogen and oxygen atoms in total. The highest BCUT2D eigenvalue weighted by Gasteiger charge is 2.24. The smallest absolute Gasteiger partial charge is 0.238 e. The van der Waals surface area contributed by atoms with Gasteiger partial charge >= 0.3 is 0 Å². The molecule has 0 aliphatic rings. The number of nitriles is 1. The number of hydrogen-bond donors (Lipinski definition) is 0. The van der Waals surface area contributed by atoms with Gasteiger partial charge in [0.05, 0.1) is 68.2 Å². The van der Waals surface area contributed by atoms with Crippen LogP contribution in [0, 0.1) is 11.3 Å². The first-order chi connectivity index (χ1) is 64.9. The van der Waals surface area contributed by atoms with Crippen molar-refractivity contribution in [1.82, 2.24) is 43.2 Å². The van der Waals surface area contributed by atoms with Crippen LogP contribution in [0.2, 0.25) is 0 Å². The lowest BCUT2D eigenvalue weighted by atomic mass is 9.91. The van der Waals surface area contributed by atoms with Gasteiger partial charge in [-0.25, -0.2) is 4.98 Å². The molecule has 19 aromatic carbocycles. The minimum Gasteiger partial charge on any atom is -0.309 e. The van der Waals surface area contributed by atoms with Crippen LogP contribution in [0.1, 0.15) is 5.56 Å². The molecule has 0 aliphatic carbocycles. The lowest BCUT2D eigenvalue weighted by Gasteiger charge is -2.14. The normalized spacial score (nSPS) is 11.7. The molecule has 8 aromatic heterocycles. The van der Waals surface area contributed by atoms with Crippen molar-refractivity contribution in [2.45, 2.75) is 0 Å². The van der Waals surface area contributed by atoms with E-state index in [9.17, 15) is 5.26 Å². The first-order valence-corrected chi connectivity index (χ1v) is 44.8. The monoisotopic (exact) mass is 1690 g/mol. The Hall–Kier alpha value is -17.6. The van der Waals surface area contributed by atoms with Crippen LogP contribution in [0.5, 0.6) is 0 Å². The Morgan fingerprint density at radius 3 is 1.24 bits per heavy atom. The molecule has 0 N–H and O–H groups in total. The second kappa shape index (κ2) is 31.5. The summed E-state index contributed by atoms with van der Waals surface area (Å²) in [6.07, 6.45) is 7.74. The molecule has 131 heavy (non-hydrogen) atoms. The Bertz CT molecular complexity index is 9330. The van der Waals surface area contributed by atoms with E-state index in [0.29, 0.717) is 23.2 Å². The summed E-state index contributed by atoms with van der Waals surface area (Å²) in [4.78, 5) is 24.3. The third-order valence-corrected chi connectivity index (χ3v) is 27.1. The van der Waals surface area contributed by atoms with Crippen molar-refractivity contribution in [1.29, 1.82) is 5.26 Å². The van der Waals surface area contributed by atoms with Crippen molar-refractivity contribution in [3.05, 3.63) is 455 Å². The molecule has 610 valence electrons. The van der Waals surface area contributed by atoms with Crippen molar-refractivity contribution >= 4 is 162 Å². The fraction of sp³-hybridized carbons (Fsp3) is 0. The molecule has 27 rings (SSSR count). The molecule has 0 fully saturated rings. The van der Waals surface area contributed by atoms with Gasteiger partial charge in [0.1, 0.15) is 0 Å². The highest BCUT2D eigenvalue weighted by molar-refractivity contribution is 7.25. The summed E-state index contributed by atoms with van der Waals surface area (Å²) in [5.41, 5.74) is 24.1. The molecule has 0 aliphatic heterocycles. The summed E-state index contributed by atoms with van der Waals surface area (Å²) in [7, 11) is 0. The van der Waals surface area contributed by atoms with Crippen LogP contribution in [-0.2, 0) is 0 Å². The third kappa shape index (κ3) is 13.0. The zero-order valence-corrected chi connectivity index (χ0v) is 71.4. The molecular formula is C120H74N10S. The number of fused-ring (bicyclic) bond motifs is 22. The average molecular weight is 1690 g/mol. The summed E-state index contributed by atoms with van der Waals surface area (Å²) in [5.74, 6) is 1.62. The van der Waals surface area contributed by atoms with Crippen LogP contribution in [0.3, 0.4) is 0 Å². The number of aromatic nitrogens is 9. The van der Waals surface area contributed by atoms with E-state index in [0.717, 1.165) is 66.5 Å². The molecule has 0 radical (unpaired) electrons. The number of para-hydroxylation sites is 2. The summed E-state index contributed by atoms with van der Waals surface area (Å²) < 4.78 is 11.8. The van der Waals surface area contributed by atoms with Crippen LogP contribution in [0.4, 0.5) is 0 Å². The minimum atomic E-state index is 0.489. The molecule has 0 unspecified atom stereocenters. The number of thiophene rings is 1. The highest BCUT2D eigenvalue weighted by atomic mass is 32.1. The second-order valence-corrected chi connectivity index (χ2v) is 34.4. The number of pyridine rings is 2. The minimum absolute atomic E-state index is 0.489. The fourth-order valence-corrected chi connectivity index (χ4v) is 21.0. The molecule has 0 spiro atoms. The molecule has 27 aromatic rings. The quantitative estimate of drug-likeness (QED) is 0.135. The van der Waals surface area contributed by atoms with Gasteiger partial charge in [-0.3, -0.25) is 14.5 Å². The van der Waals surface area contributed by atoms with Gasteiger partial charge in [0, 0.05) is 120 Å². The highest BCUT2D eigenvalue weighted by Crippen LogP contribution is 2.45. The van der Waals surface area contributed by atoms with Crippen LogP contribution in [0.25, 0.3) is 241 Å². The molecule has 0 atom stereocenters. The zero-order chi connectivity index (χ0) is 86.6. The maximum atomic E-state index is 9.81. The van der Waals surface area contributed by atoms with E-state index < -0.39 is 0 Å². The van der Waals surface area contributed by atoms with Gasteiger partial charge in [0.15, 0.2) is 11.6 Å². The van der Waals surface area contributed by atoms with Crippen LogP contribution >= 0.6 is 11.3 Å². The molecular weight excluding hydrogens is 1610 g/mol. The molecule has 0 amide bonds. The predicted molar refractivity (Wildman–Crippen MR) is 546 cm³/mol. The third-order valence-electron chi connectivity index (χ3n) is 25.9. The van der Waals surface area contributed by atoms with Crippen molar-refractivity contribution in [3.8, 4) is 96.4 Å². The van der Waals surface area contributed by atoms with Crippen LogP contribution in [-0.4, -0.2) is 43.2 Å². The first-order valence-electron chi connectivity index (χ1n) is 44.0. The number of rotatable bonds is 10. The molecule has 0 bridgehead atoms. The van der Waals surface area contributed by atoms with E-state index in [4.69, 9.17) is 15.0 Å². The van der Waals surface area contributed by atoms with E-state index in [-0.39, 0.29) is 0 Å². The topological polar surface area (TPSA) is 108 Å². The lowest BCUT2D eigenvalue weighted by molar-refractivity contribution is 0.953. The van der Waals surface area contributed by atoms with Gasteiger partial charge in [0.25, 0.3) is 0 Å². The Labute approximate surface area is 756 Å². The fourth-order valence-electron chi connectivity index (χ4n) is 19.9. The average Bonchev–Trinajstić information content (AvgIpc) is 1.60. The molecule has 8 heterocycles. The Morgan fingerprint density at radius 1 is 0.221 bits per heavy atom. The van der Waals surface area contributed by atoms with Gasteiger partial charge in [-0.05, 0) is 181 Å². The van der Waals surface area contributed by atoms with E-state index in [1.54, 1.807) is 0 Å². The van der Waals surface area contributed by atoms with Crippen molar-refractivity contribution < 1.29 is 0 Å². The van der Waals surface area contributed by atoms with Crippen LogP contribution < -0.4 is 0 Å². The van der Waals surface area contributed by atoms with Crippen molar-refractivity contribution in [2.75, 3.05) is 0 Å². The lowest BCUT2D eigenvalue weighted by Crippen LogP contribution is -2.06. The van der Waals surface area contributed by atoms with Crippen molar-refractivity contribution in [2.24, 2.45) is 0 Å². The summed E-state index contributed by atoms with van der Waals surface area (Å²) in [6, 6.07) is 153. The van der Waals surface area contributed by atoms with Gasteiger partial charge in [0.2, 0.25) is 5.95 Å². The Kier molecular flexibility index (Phi) is 18.3. The van der Waals surface area contributed by atoms with Crippen molar-refractivity contribution in [3.63, 3.8) is 0 Å². The molecule has 0 saturated carbocycles. The van der Waals surface area contributed by atoms with Gasteiger partial charge < -0.3 is 13.7 Å². The van der Waals surface area contributed by atoms with Gasteiger partial charge in [-0.2, -0.15) is 15.2 Å². The maximum absolute atomic E-state index is 9.81. The number of nitrogens with zero attached hydrogens (tertiary/aromatic N) is 10. The zero-order valence-electron chi connectivity index (χ0n) is 70.6. The summed E-state index contributed by atoms with van der Waals surface area (Å²) in [6.45, 7) is 0. The summed E-state index contributed by atoms with van der Waals surface area (Å²) in [5, 5.41) is 31.8. The molecule has 0 saturated heterocycles. The molecule has 11 heteroatoms. The van der Waals surface area contributed by atoms with E-state index in [1.165, 1.54) is 157 Å².